The maximum absolute atomic E-state index is 12.6. The van der Waals surface area contributed by atoms with E-state index in [-0.39, 0.29) is 10.9 Å². The summed E-state index contributed by atoms with van der Waals surface area (Å²) in [5.74, 6) is 0.643. The number of methoxy groups -OCH3 is 1. The van der Waals surface area contributed by atoms with E-state index in [0.29, 0.717) is 12.3 Å². The maximum Gasteiger partial charge on any atom is 0.243 e. The van der Waals surface area contributed by atoms with Crippen molar-refractivity contribution in [2.45, 2.75) is 30.2 Å². The number of hydrogen-bond donors (Lipinski definition) is 0. The van der Waals surface area contributed by atoms with Gasteiger partial charge in [-0.15, -0.1) is 0 Å². The van der Waals surface area contributed by atoms with Gasteiger partial charge in [0.1, 0.15) is 5.75 Å². The van der Waals surface area contributed by atoms with Crippen LogP contribution < -0.4 is 4.74 Å². The molecule has 4 nitrogen and oxygen atoms in total. The molecule has 0 aliphatic carbocycles. The van der Waals surface area contributed by atoms with Crippen LogP contribution in [0.15, 0.2) is 29.2 Å². The third-order valence-electron chi connectivity index (χ3n) is 3.32. The van der Waals surface area contributed by atoms with Gasteiger partial charge in [0.15, 0.2) is 0 Å². The van der Waals surface area contributed by atoms with Gasteiger partial charge in [-0.2, -0.15) is 4.31 Å². The van der Waals surface area contributed by atoms with Crippen LogP contribution in [0.4, 0.5) is 0 Å². The standard InChI is InChI=1S/C13H17NO3S2/c1-17-12-5-7-13(8-6-12)19(15,16)14-9-3-2-4-11(14)10-18/h5-8,10-11H,2-4,9H2,1H3/t11-/m1/s1. The summed E-state index contributed by atoms with van der Waals surface area (Å²) in [6.07, 6.45) is 2.71. The van der Waals surface area contributed by atoms with Gasteiger partial charge in [-0.1, -0.05) is 18.6 Å². The van der Waals surface area contributed by atoms with Crippen molar-refractivity contribution in [3.63, 3.8) is 0 Å². The highest BCUT2D eigenvalue weighted by Gasteiger charge is 2.32. The smallest absolute Gasteiger partial charge is 0.243 e. The quantitative estimate of drug-likeness (QED) is 0.800. The molecule has 0 bridgehead atoms. The van der Waals surface area contributed by atoms with Crippen molar-refractivity contribution >= 4 is 27.6 Å². The molecule has 1 aromatic carbocycles. The molecule has 2 rings (SSSR count). The normalized spacial score (nSPS) is 21.0. The zero-order chi connectivity index (χ0) is 13.9. The lowest BCUT2D eigenvalue weighted by Crippen LogP contribution is -2.44. The van der Waals surface area contributed by atoms with E-state index in [1.807, 2.05) is 0 Å². The van der Waals surface area contributed by atoms with Crippen LogP contribution >= 0.6 is 12.2 Å². The SMILES string of the molecule is COc1ccc(S(=O)(=O)N2CCCC[C@@H]2C=S)cc1. The Morgan fingerprint density at radius 1 is 1.32 bits per heavy atom. The molecule has 1 saturated heterocycles. The minimum absolute atomic E-state index is 0.171. The Kier molecular flexibility index (Phi) is 4.54. The molecule has 0 unspecified atom stereocenters. The molecular formula is C13H17NO3S2. The number of sulfonamides is 1. The van der Waals surface area contributed by atoms with Gasteiger partial charge in [-0.25, -0.2) is 8.42 Å². The molecule has 0 spiro atoms. The molecule has 1 aliphatic rings. The molecule has 0 aromatic heterocycles. The van der Waals surface area contributed by atoms with Crippen LogP contribution in [0.5, 0.6) is 5.75 Å². The van der Waals surface area contributed by atoms with Crippen LogP contribution in [0.25, 0.3) is 0 Å². The van der Waals surface area contributed by atoms with E-state index in [9.17, 15) is 8.42 Å². The van der Waals surface area contributed by atoms with E-state index >= 15 is 0 Å². The van der Waals surface area contributed by atoms with E-state index in [2.05, 4.69) is 0 Å². The monoisotopic (exact) mass is 299 g/mol. The highest BCUT2D eigenvalue weighted by molar-refractivity contribution is 7.89. The van der Waals surface area contributed by atoms with Crippen molar-refractivity contribution in [2.75, 3.05) is 13.7 Å². The summed E-state index contributed by atoms with van der Waals surface area (Å²) in [4.78, 5) is 0.289. The van der Waals surface area contributed by atoms with Crippen molar-refractivity contribution < 1.29 is 13.2 Å². The van der Waals surface area contributed by atoms with Crippen LogP contribution in [0.2, 0.25) is 0 Å². The van der Waals surface area contributed by atoms with E-state index < -0.39 is 10.0 Å². The average molecular weight is 299 g/mol. The lowest BCUT2D eigenvalue weighted by Gasteiger charge is -2.32. The highest BCUT2D eigenvalue weighted by Crippen LogP contribution is 2.25. The Bertz CT molecular complexity index is 540. The van der Waals surface area contributed by atoms with Gasteiger partial charge in [0.05, 0.1) is 18.0 Å². The molecular weight excluding hydrogens is 282 g/mol. The van der Waals surface area contributed by atoms with Gasteiger partial charge in [0.2, 0.25) is 10.0 Å². The number of benzene rings is 1. The number of thiocarbonyl (C=S) groups is 1. The molecule has 0 radical (unpaired) electrons. The van der Waals surface area contributed by atoms with Crippen molar-refractivity contribution in [3.05, 3.63) is 24.3 Å². The molecule has 1 aromatic rings. The number of hydrogen-bond acceptors (Lipinski definition) is 4. The molecule has 0 amide bonds. The third kappa shape index (κ3) is 2.96. The molecule has 1 heterocycles. The van der Waals surface area contributed by atoms with Gasteiger partial charge < -0.3 is 4.74 Å². The minimum Gasteiger partial charge on any atom is -0.497 e. The number of nitrogens with zero attached hydrogens (tertiary/aromatic N) is 1. The summed E-state index contributed by atoms with van der Waals surface area (Å²) >= 11 is 4.96. The molecule has 0 N–H and O–H groups in total. The highest BCUT2D eigenvalue weighted by atomic mass is 32.2. The summed E-state index contributed by atoms with van der Waals surface area (Å²) in [5.41, 5.74) is 0. The first-order valence-corrected chi connectivity index (χ1v) is 8.12. The topological polar surface area (TPSA) is 46.6 Å². The fourth-order valence-corrected chi connectivity index (χ4v) is 4.25. The number of ether oxygens (including phenoxy) is 1. The molecule has 19 heavy (non-hydrogen) atoms. The minimum atomic E-state index is -3.47. The Balaban J connectivity index is 2.31. The summed E-state index contributed by atoms with van der Waals surface area (Å²) in [5, 5.41) is 1.56. The van der Waals surface area contributed by atoms with Crippen LogP contribution in [-0.2, 0) is 10.0 Å². The average Bonchev–Trinajstić information content (AvgIpc) is 2.47. The molecule has 6 heteroatoms. The summed E-state index contributed by atoms with van der Waals surface area (Å²) in [7, 11) is -1.92. The lowest BCUT2D eigenvalue weighted by atomic mass is 10.1. The fraction of sp³-hybridized carbons (Fsp3) is 0.462. The molecule has 1 aliphatic heterocycles. The Hall–Kier alpha value is -0.980. The van der Waals surface area contributed by atoms with Crippen molar-refractivity contribution in [1.82, 2.24) is 4.31 Å². The van der Waals surface area contributed by atoms with Crippen molar-refractivity contribution in [3.8, 4) is 5.75 Å². The zero-order valence-electron chi connectivity index (χ0n) is 10.8. The first-order chi connectivity index (χ1) is 9.09. The van der Waals surface area contributed by atoms with Gasteiger partial charge in [0.25, 0.3) is 0 Å². The van der Waals surface area contributed by atoms with Gasteiger partial charge in [0, 0.05) is 6.54 Å². The van der Waals surface area contributed by atoms with Crippen LogP contribution in [0.3, 0.4) is 0 Å². The lowest BCUT2D eigenvalue weighted by molar-refractivity contribution is 0.311. The number of rotatable bonds is 4. The first kappa shape index (κ1) is 14.4. The van der Waals surface area contributed by atoms with Crippen molar-refractivity contribution in [1.29, 1.82) is 0 Å². The first-order valence-electron chi connectivity index (χ1n) is 6.21. The maximum atomic E-state index is 12.6. The fourth-order valence-electron chi connectivity index (χ4n) is 2.25. The number of piperidine rings is 1. The van der Waals surface area contributed by atoms with E-state index in [0.717, 1.165) is 19.3 Å². The van der Waals surface area contributed by atoms with E-state index in [4.69, 9.17) is 17.0 Å². The van der Waals surface area contributed by atoms with Gasteiger partial charge in [-0.3, -0.25) is 0 Å². The summed E-state index contributed by atoms with van der Waals surface area (Å²) in [6.45, 7) is 0.534. The summed E-state index contributed by atoms with van der Waals surface area (Å²) in [6, 6.07) is 6.29. The third-order valence-corrected chi connectivity index (χ3v) is 5.57. The molecule has 104 valence electrons. The Morgan fingerprint density at radius 3 is 2.58 bits per heavy atom. The van der Waals surface area contributed by atoms with Crippen LogP contribution in [-0.4, -0.2) is 37.8 Å². The predicted molar refractivity (Wildman–Crippen MR) is 78.2 cm³/mol. The van der Waals surface area contributed by atoms with Gasteiger partial charge in [-0.05, 0) is 42.5 Å². The molecule has 1 fully saturated rings. The second kappa shape index (κ2) is 5.98. The van der Waals surface area contributed by atoms with E-state index in [1.54, 1.807) is 36.7 Å². The predicted octanol–water partition coefficient (Wildman–Crippen LogP) is 2.24. The van der Waals surface area contributed by atoms with E-state index in [1.165, 1.54) is 4.31 Å². The van der Waals surface area contributed by atoms with Crippen LogP contribution in [0.1, 0.15) is 19.3 Å². The largest absolute Gasteiger partial charge is 0.497 e. The Labute approximate surface area is 119 Å². The second-order valence-corrected chi connectivity index (χ2v) is 6.65. The van der Waals surface area contributed by atoms with Crippen molar-refractivity contribution in [2.24, 2.45) is 0 Å². The molecule has 1 atom stereocenters. The van der Waals surface area contributed by atoms with Gasteiger partial charge >= 0.3 is 0 Å². The zero-order valence-corrected chi connectivity index (χ0v) is 12.4. The Morgan fingerprint density at radius 2 is 2.00 bits per heavy atom. The second-order valence-electron chi connectivity index (χ2n) is 4.49. The van der Waals surface area contributed by atoms with Crippen LogP contribution in [0, 0.1) is 0 Å². The summed E-state index contributed by atoms with van der Waals surface area (Å²) < 4.78 is 31.7. The molecule has 0 saturated carbocycles.